The molecule has 0 spiro atoms. The summed E-state index contributed by atoms with van der Waals surface area (Å²) >= 11 is 0. The number of hydrogen-bond donors (Lipinski definition) is 0. The van der Waals surface area contributed by atoms with Gasteiger partial charge in [-0.15, -0.1) is 0 Å². The van der Waals surface area contributed by atoms with Gasteiger partial charge in [0.05, 0.1) is 0 Å². The number of hydrogen-bond acceptors (Lipinski definition) is 1. The summed E-state index contributed by atoms with van der Waals surface area (Å²) < 4.78 is 0. The van der Waals surface area contributed by atoms with E-state index in [1.165, 1.54) is 56.1 Å². The van der Waals surface area contributed by atoms with Gasteiger partial charge in [0.1, 0.15) is 0 Å². The first-order chi connectivity index (χ1) is 10.4. The van der Waals surface area contributed by atoms with Crippen molar-refractivity contribution in [3.63, 3.8) is 0 Å². The summed E-state index contributed by atoms with van der Waals surface area (Å²) in [5.74, 6) is 0.664. The fraction of sp³-hybridized carbons (Fsp3) is 0.450. The van der Waals surface area contributed by atoms with E-state index in [0.717, 1.165) is 0 Å². The van der Waals surface area contributed by atoms with Crippen molar-refractivity contribution >= 4 is 0 Å². The summed E-state index contributed by atoms with van der Waals surface area (Å²) in [7, 11) is 0. The third kappa shape index (κ3) is 6.12. The smallest absolute Gasteiger partial charge is 0.0270 e. The molecule has 1 aromatic heterocycles. The topological polar surface area (TPSA) is 12.9 Å². The lowest BCUT2D eigenvalue weighted by atomic mass is 9.95. The summed E-state index contributed by atoms with van der Waals surface area (Å²) in [6.07, 6.45) is 13.1. The van der Waals surface area contributed by atoms with Crippen molar-refractivity contribution in [1.82, 2.24) is 4.98 Å². The molecule has 2 rings (SSSR count). The van der Waals surface area contributed by atoms with Gasteiger partial charge in [-0.25, -0.2) is 0 Å². The van der Waals surface area contributed by atoms with Crippen molar-refractivity contribution in [2.45, 2.75) is 57.8 Å². The molecule has 0 aliphatic carbocycles. The lowest BCUT2D eigenvalue weighted by Gasteiger charge is -2.11. The zero-order valence-corrected chi connectivity index (χ0v) is 13.2. The molecular formula is C20H27N. The van der Waals surface area contributed by atoms with E-state index in [1.807, 2.05) is 12.4 Å². The van der Waals surface area contributed by atoms with Crippen LogP contribution < -0.4 is 0 Å². The molecule has 0 amide bonds. The quantitative estimate of drug-likeness (QED) is 0.532. The monoisotopic (exact) mass is 281 g/mol. The van der Waals surface area contributed by atoms with Crippen LogP contribution in [0.4, 0.5) is 0 Å². The van der Waals surface area contributed by atoms with Crippen LogP contribution in [0, 0.1) is 0 Å². The lowest BCUT2D eigenvalue weighted by molar-refractivity contribution is 0.559. The molecule has 0 aliphatic rings. The van der Waals surface area contributed by atoms with E-state index in [2.05, 4.69) is 54.4 Å². The van der Waals surface area contributed by atoms with Crippen LogP contribution in [0.3, 0.4) is 0 Å². The zero-order chi connectivity index (χ0) is 14.8. The van der Waals surface area contributed by atoms with Gasteiger partial charge >= 0.3 is 0 Å². The number of aryl methyl sites for hydroxylation is 1. The molecule has 0 fully saturated rings. The summed E-state index contributed by atoms with van der Waals surface area (Å²) in [6.45, 7) is 2.32. The number of rotatable bonds is 9. The van der Waals surface area contributed by atoms with E-state index < -0.39 is 0 Å². The molecule has 0 aliphatic heterocycles. The molecule has 2 aromatic rings. The molecule has 0 N–H and O–H groups in total. The van der Waals surface area contributed by atoms with Gasteiger partial charge in [-0.3, -0.25) is 4.98 Å². The van der Waals surface area contributed by atoms with E-state index in [1.54, 1.807) is 0 Å². The summed E-state index contributed by atoms with van der Waals surface area (Å²) in [4.78, 5) is 4.08. The minimum absolute atomic E-state index is 0.664. The molecular weight excluding hydrogens is 254 g/mol. The molecule has 1 heteroatoms. The largest absolute Gasteiger partial charge is 0.265 e. The summed E-state index contributed by atoms with van der Waals surface area (Å²) in [5.41, 5.74) is 2.90. The molecule has 0 radical (unpaired) electrons. The van der Waals surface area contributed by atoms with Crippen LogP contribution in [0.1, 0.15) is 62.5 Å². The first-order valence-electron chi connectivity index (χ1n) is 8.30. The number of aromatic nitrogens is 1. The van der Waals surface area contributed by atoms with Gasteiger partial charge < -0.3 is 0 Å². The van der Waals surface area contributed by atoms with Crippen molar-refractivity contribution < 1.29 is 0 Å². The molecule has 1 heterocycles. The maximum Gasteiger partial charge on any atom is 0.0270 e. The van der Waals surface area contributed by atoms with Crippen LogP contribution in [0.25, 0.3) is 0 Å². The standard InChI is InChI=1S/C20H27N/c1-18(20-14-16-21-17-15-20)10-6-3-2-4-7-11-19-12-8-5-9-13-19/h5,8-9,12-18H,2-4,6-7,10-11H2,1H3. The highest BCUT2D eigenvalue weighted by atomic mass is 14.6. The van der Waals surface area contributed by atoms with Gasteiger partial charge in [-0.1, -0.05) is 62.9 Å². The Morgan fingerprint density at radius 2 is 1.48 bits per heavy atom. The van der Waals surface area contributed by atoms with Gasteiger partial charge in [-0.05, 0) is 48.4 Å². The molecule has 0 saturated heterocycles. The van der Waals surface area contributed by atoms with Crippen molar-refractivity contribution in [3.8, 4) is 0 Å². The van der Waals surface area contributed by atoms with Gasteiger partial charge in [0, 0.05) is 12.4 Å². The number of unbranched alkanes of at least 4 members (excludes halogenated alkanes) is 4. The first-order valence-corrected chi connectivity index (χ1v) is 8.30. The third-order valence-corrected chi connectivity index (χ3v) is 4.22. The maximum absolute atomic E-state index is 4.08. The number of benzene rings is 1. The van der Waals surface area contributed by atoms with Crippen molar-refractivity contribution in [3.05, 3.63) is 66.0 Å². The minimum Gasteiger partial charge on any atom is -0.265 e. The van der Waals surface area contributed by atoms with E-state index in [-0.39, 0.29) is 0 Å². The average Bonchev–Trinajstić information content (AvgIpc) is 2.55. The summed E-state index contributed by atoms with van der Waals surface area (Å²) in [6, 6.07) is 15.1. The summed E-state index contributed by atoms with van der Waals surface area (Å²) in [5, 5.41) is 0. The van der Waals surface area contributed by atoms with Gasteiger partial charge in [0.15, 0.2) is 0 Å². The van der Waals surface area contributed by atoms with E-state index in [9.17, 15) is 0 Å². The zero-order valence-electron chi connectivity index (χ0n) is 13.2. The number of pyridine rings is 1. The van der Waals surface area contributed by atoms with Crippen LogP contribution in [0.15, 0.2) is 54.9 Å². The SMILES string of the molecule is CC(CCCCCCCc1ccccc1)c1ccncc1. The predicted molar refractivity (Wildman–Crippen MR) is 90.5 cm³/mol. The highest BCUT2D eigenvalue weighted by Crippen LogP contribution is 2.21. The molecule has 0 saturated carbocycles. The second kappa shape index (κ2) is 9.33. The first kappa shape index (κ1) is 15.8. The Balaban J connectivity index is 1.50. The van der Waals surface area contributed by atoms with Gasteiger partial charge in [-0.2, -0.15) is 0 Å². The molecule has 1 aromatic carbocycles. The Labute approximate surface area is 129 Å². The fourth-order valence-corrected chi connectivity index (χ4v) is 2.81. The van der Waals surface area contributed by atoms with Crippen LogP contribution in [0.2, 0.25) is 0 Å². The maximum atomic E-state index is 4.08. The third-order valence-electron chi connectivity index (χ3n) is 4.22. The minimum atomic E-state index is 0.664. The molecule has 112 valence electrons. The highest BCUT2D eigenvalue weighted by Gasteiger charge is 2.04. The van der Waals surface area contributed by atoms with Crippen LogP contribution in [0.5, 0.6) is 0 Å². The highest BCUT2D eigenvalue weighted by molar-refractivity contribution is 5.15. The van der Waals surface area contributed by atoms with Gasteiger partial charge in [0.25, 0.3) is 0 Å². The molecule has 1 nitrogen and oxygen atoms in total. The Morgan fingerprint density at radius 3 is 2.24 bits per heavy atom. The van der Waals surface area contributed by atoms with Crippen LogP contribution in [-0.2, 0) is 6.42 Å². The Bertz CT molecular complexity index is 478. The van der Waals surface area contributed by atoms with E-state index in [4.69, 9.17) is 0 Å². The van der Waals surface area contributed by atoms with Crippen molar-refractivity contribution in [2.24, 2.45) is 0 Å². The van der Waals surface area contributed by atoms with E-state index in [0.29, 0.717) is 5.92 Å². The Hall–Kier alpha value is -1.63. The Kier molecular flexibility index (Phi) is 7.00. The lowest BCUT2D eigenvalue weighted by Crippen LogP contribution is -1.94. The van der Waals surface area contributed by atoms with Crippen LogP contribution in [-0.4, -0.2) is 4.98 Å². The second-order valence-corrected chi connectivity index (χ2v) is 5.97. The Morgan fingerprint density at radius 1 is 0.810 bits per heavy atom. The van der Waals surface area contributed by atoms with Crippen molar-refractivity contribution in [1.29, 1.82) is 0 Å². The predicted octanol–water partition coefficient (Wildman–Crippen LogP) is 5.77. The second-order valence-electron chi connectivity index (χ2n) is 5.97. The van der Waals surface area contributed by atoms with Gasteiger partial charge in [0.2, 0.25) is 0 Å². The van der Waals surface area contributed by atoms with Crippen molar-refractivity contribution in [2.75, 3.05) is 0 Å². The van der Waals surface area contributed by atoms with Crippen LogP contribution >= 0.6 is 0 Å². The molecule has 21 heavy (non-hydrogen) atoms. The van der Waals surface area contributed by atoms with E-state index >= 15 is 0 Å². The number of nitrogens with zero attached hydrogens (tertiary/aromatic N) is 1. The average molecular weight is 281 g/mol. The molecule has 1 unspecified atom stereocenters. The fourth-order valence-electron chi connectivity index (χ4n) is 2.81. The molecule has 1 atom stereocenters. The molecule has 0 bridgehead atoms. The normalized spacial score (nSPS) is 12.2.